The number of rotatable bonds is 4. The Morgan fingerprint density at radius 1 is 1.14 bits per heavy atom. The Hall–Kier alpha value is -1.63. The summed E-state index contributed by atoms with van der Waals surface area (Å²) in [6.45, 7) is 8.77. The third-order valence-electron chi connectivity index (χ3n) is 4.90. The first kappa shape index (κ1) is 15.8. The summed E-state index contributed by atoms with van der Waals surface area (Å²) in [7, 11) is 0. The van der Waals surface area contributed by atoms with Crippen LogP contribution in [0.2, 0.25) is 0 Å². The van der Waals surface area contributed by atoms with Crippen LogP contribution in [0.3, 0.4) is 0 Å². The van der Waals surface area contributed by atoms with E-state index in [2.05, 4.69) is 49.3 Å². The summed E-state index contributed by atoms with van der Waals surface area (Å²) in [6, 6.07) is 2.75. The molecule has 4 heteroatoms. The summed E-state index contributed by atoms with van der Waals surface area (Å²) in [4.78, 5) is 0. The highest BCUT2D eigenvalue weighted by molar-refractivity contribution is 5.56. The van der Waals surface area contributed by atoms with Gasteiger partial charge in [0.2, 0.25) is 0 Å². The van der Waals surface area contributed by atoms with Gasteiger partial charge in [0, 0.05) is 6.04 Å². The predicted molar refractivity (Wildman–Crippen MR) is 85.1 cm³/mol. The van der Waals surface area contributed by atoms with Gasteiger partial charge in [0.1, 0.15) is 11.6 Å². The minimum absolute atomic E-state index is 0.412. The average Bonchev–Trinajstić information content (AvgIpc) is 2.50. The van der Waals surface area contributed by atoms with Crippen LogP contribution < -0.4 is 5.32 Å². The van der Waals surface area contributed by atoms with Gasteiger partial charge in [-0.1, -0.05) is 27.7 Å². The zero-order chi connectivity index (χ0) is 15.4. The Labute approximate surface area is 128 Å². The molecule has 21 heavy (non-hydrogen) atoms. The molecule has 3 atom stereocenters. The molecule has 0 spiro atoms. The van der Waals surface area contributed by atoms with E-state index in [9.17, 15) is 5.26 Å². The lowest BCUT2D eigenvalue weighted by Gasteiger charge is -2.33. The molecule has 1 heterocycles. The number of hydrogen-bond donors (Lipinski definition) is 1. The van der Waals surface area contributed by atoms with E-state index in [4.69, 9.17) is 0 Å². The van der Waals surface area contributed by atoms with Gasteiger partial charge in [-0.25, -0.2) is 0 Å². The lowest BCUT2D eigenvalue weighted by molar-refractivity contribution is 0.260. The first-order chi connectivity index (χ1) is 10.1. The molecule has 3 unspecified atom stereocenters. The molecule has 1 aromatic heterocycles. The third-order valence-corrected chi connectivity index (χ3v) is 4.90. The largest absolute Gasteiger partial charge is 0.365 e. The summed E-state index contributed by atoms with van der Waals surface area (Å²) in [5.41, 5.74) is 2.69. The molecule has 0 aromatic carbocycles. The number of anilines is 1. The van der Waals surface area contributed by atoms with E-state index in [0.29, 0.717) is 17.4 Å². The van der Waals surface area contributed by atoms with Crippen molar-refractivity contribution in [1.82, 2.24) is 10.2 Å². The maximum atomic E-state index is 9.52. The van der Waals surface area contributed by atoms with Crippen molar-refractivity contribution in [3.05, 3.63) is 16.8 Å². The summed E-state index contributed by atoms with van der Waals surface area (Å²) < 4.78 is 0. The maximum Gasteiger partial charge on any atom is 0.167 e. The summed E-state index contributed by atoms with van der Waals surface area (Å²) in [5, 5.41) is 21.6. The molecule has 0 bridgehead atoms. The molecule has 0 saturated heterocycles. The van der Waals surface area contributed by atoms with Gasteiger partial charge in [-0.2, -0.15) is 10.4 Å². The van der Waals surface area contributed by atoms with Crippen LogP contribution in [0, 0.1) is 23.2 Å². The van der Waals surface area contributed by atoms with Crippen molar-refractivity contribution in [3.63, 3.8) is 0 Å². The minimum Gasteiger partial charge on any atom is -0.365 e. The quantitative estimate of drug-likeness (QED) is 0.916. The van der Waals surface area contributed by atoms with Gasteiger partial charge < -0.3 is 5.32 Å². The molecule has 1 aliphatic rings. The van der Waals surface area contributed by atoms with Gasteiger partial charge >= 0.3 is 0 Å². The van der Waals surface area contributed by atoms with Crippen LogP contribution in [0.1, 0.15) is 63.8 Å². The van der Waals surface area contributed by atoms with Crippen LogP contribution in [0.25, 0.3) is 0 Å². The normalized spacial score (nSPS) is 25.4. The minimum atomic E-state index is 0.412. The van der Waals surface area contributed by atoms with Crippen LogP contribution in [0.5, 0.6) is 0 Å². The van der Waals surface area contributed by atoms with Crippen LogP contribution in [0.15, 0.2) is 0 Å². The lowest BCUT2D eigenvalue weighted by atomic mass is 9.79. The van der Waals surface area contributed by atoms with Crippen molar-refractivity contribution in [2.75, 3.05) is 5.32 Å². The van der Waals surface area contributed by atoms with E-state index in [1.807, 2.05) is 0 Å². The molecule has 4 nitrogen and oxygen atoms in total. The number of hydrogen-bond acceptors (Lipinski definition) is 4. The second kappa shape index (κ2) is 6.89. The Kier molecular flexibility index (Phi) is 5.17. The van der Waals surface area contributed by atoms with Crippen molar-refractivity contribution < 1.29 is 0 Å². The number of nitriles is 1. The van der Waals surface area contributed by atoms with E-state index in [-0.39, 0.29) is 0 Å². The second-order valence-electron chi connectivity index (χ2n) is 6.28. The lowest BCUT2D eigenvalue weighted by Crippen LogP contribution is -2.31. The van der Waals surface area contributed by atoms with E-state index >= 15 is 0 Å². The Morgan fingerprint density at radius 2 is 1.90 bits per heavy atom. The molecule has 2 rings (SSSR count). The van der Waals surface area contributed by atoms with Crippen LogP contribution in [0.4, 0.5) is 5.82 Å². The summed E-state index contributed by atoms with van der Waals surface area (Å²) in [6.07, 6.45) is 5.18. The average molecular weight is 286 g/mol. The smallest absolute Gasteiger partial charge is 0.167 e. The molecule has 1 N–H and O–H groups in total. The second-order valence-corrected chi connectivity index (χ2v) is 6.28. The molecule has 0 aliphatic heterocycles. The first-order valence-electron chi connectivity index (χ1n) is 8.15. The summed E-state index contributed by atoms with van der Waals surface area (Å²) in [5.74, 6) is 2.19. The Morgan fingerprint density at radius 3 is 2.48 bits per heavy atom. The molecule has 114 valence electrons. The van der Waals surface area contributed by atoms with Gasteiger partial charge in [-0.15, -0.1) is 5.10 Å². The van der Waals surface area contributed by atoms with Crippen molar-refractivity contribution in [2.24, 2.45) is 11.8 Å². The standard InChI is InChI=1S/C17H26N4/c1-5-14-15(10-18)17(21-20-16(14)6-2)19-13-8-7-11(3)12(4)9-13/h11-13H,5-9H2,1-4H3,(H,19,21). The van der Waals surface area contributed by atoms with E-state index < -0.39 is 0 Å². The zero-order valence-electron chi connectivity index (χ0n) is 13.6. The Bertz CT molecular complexity index is 532. The first-order valence-corrected chi connectivity index (χ1v) is 8.15. The summed E-state index contributed by atoms with van der Waals surface area (Å²) >= 11 is 0. The van der Waals surface area contributed by atoms with Crippen LogP contribution >= 0.6 is 0 Å². The molecule has 0 amide bonds. The van der Waals surface area contributed by atoms with E-state index in [1.54, 1.807) is 0 Å². The molecular weight excluding hydrogens is 260 g/mol. The monoisotopic (exact) mass is 286 g/mol. The van der Waals surface area contributed by atoms with Gasteiger partial charge in [0.25, 0.3) is 0 Å². The number of nitrogens with one attached hydrogen (secondary N) is 1. The highest BCUT2D eigenvalue weighted by atomic mass is 15.2. The highest BCUT2D eigenvalue weighted by Gasteiger charge is 2.26. The van der Waals surface area contributed by atoms with Gasteiger partial charge in [0.05, 0.1) is 5.69 Å². The molecule has 0 radical (unpaired) electrons. The highest BCUT2D eigenvalue weighted by Crippen LogP contribution is 2.31. The van der Waals surface area contributed by atoms with Crippen LogP contribution in [-0.2, 0) is 12.8 Å². The SMILES string of the molecule is CCc1nnc(NC2CCC(C)C(C)C2)c(C#N)c1CC. The molecular formula is C17H26N4. The number of aryl methyl sites for hydroxylation is 1. The van der Waals surface area contributed by atoms with Gasteiger partial charge in [-0.05, 0) is 49.5 Å². The van der Waals surface area contributed by atoms with Crippen LogP contribution in [-0.4, -0.2) is 16.2 Å². The maximum absolute atomic E-state index is 9.52. The fraction of sp³-hybridized carbons (Fsp3) is 0.706. The van der Waals surface area contributed by atoms with E-state index in [1.165, 1.54) is 6.42 Å². The van der Waals surface area contributed by atoms with Gasteiger partial charge in [0.15, 0.2) is 5.82 Å². The van der Waals surface area contributed by atoms with Crippen molar-refractivity contribution >= 4 is 5.82 Å². The third kappa shape index (κ3) is 3.34. The van der Waals surface area contributed by atoms with Gasteiger partial charge in [-0.3, -0.25) is 0 Å². The molecule has 1 saturated carbocycles. The van der Waals surface area contributed by atoms with Crippen molar-refractivity contribution in [1.29, 1.82) is 5.26 Å². The zero-order valence-corrected chi connectivity index (χ0v) is 13.6. The fourth-order valence-corrected chi connectivity index (χ4v) is 3.27. The predicted octanol–water partition coefficient (Wildman–Crippen LogP) is 3.71. The molecule has 1 fully saturated rings. The molecule has 1 aromatic rings. The number of nitrogens with zero attached hydrogens (tertiary/aromatic N) is 3. The topological polar surface area (TPSA) is 61.6 Å². The van der Waals surface area contributed by atoms with E-state index in [0.717, 1.165) is 48.8 Å². The fourth-order valence-electron chi connectivity index (χ4n) is 3.27. The van der Waals surface area contributed by atoms with Crippen molar-refractivity contribution in [3.8, 4) is 6.07 Å². The molecule has 1 aliphatic carbocycles. The number of aromatic nitrogens is 2. The Balaban J connectivity index is 2.23. The van der Waals surface area contributed by atoms with Crippen molar-refractivity contribution in [2.45, 2.75) is 65.8 Å².